The topological polar surface area (TPSA) is 76.0 Å². The van der Waals surface area contributed by atoms with Crippen LogP contribution in [0.4, 0.5) is 5.69 Å². The predicted octanol–water partition coefficient (Wildman–Crippen LogP) is 1.48. The average molecular weight is 300 g/mol. The molecule has 8 heteroatoms. The monoisotopic (exact) mass is 300 g/mol. The first kappa shape index (κ1) is 14.0. The van der Waals surface area contributed by atoms with Gasteiger partial charge in [-0.1, -0.05) is 0 Å². The molecule has 19 heavy (non-hydrogen) atoms. The molecule has 0 spiro atoms. The molecule has 104 valence electrons. The Morgan fingerprint density at radius 3 is 2.84 bits per heavy atom. The van der Waals surface area contributed by atoms with Crippen LogP contribution in [0, 0.1) is 0 Å². The molecule has 2 aromatic heterocycles. The van der Waals surface area contributed by atoms with Crippen LogP contribution >= 0.6 is 11.3 Å². The fourth-order valence-corrected chi connectivity index (χ4v) is 3.96. The number of anilines is 1. The molecule has 0 aliphatic carbocycles. The average Bonchev–Trinajstić information content (AvgIpc) is 2.98. The second-order valence-electron chi connectivity index (χ2n) is 3.94. The Hall–Kier alpha value is -1.38. The maximum Gasteiger partial charge on any atom is 0.271 e. The highest BCUT2D eigenvalue weighted by Crippen LogP contribution is 2.23. The summed E-state index contributed by atoms with van der Waals surface area (Å²) in [6.07, 6.45) is 3.17. The molecule has 0 bridgehead atoms. The molecule has 0 aromatic carbocycles. The van der Waals surface area contributed by atoms with Gasteiger partial charge in [0.25, 0.3) is 10.0 Å². The lowest BCUT2D eigenvalue weighted by Crippen LogP contribution is -2.11. The van der Waals surface area contributed by atoms with Crippen molar-refractivity contribution in [2.75, 3.05) is 11.8 Å². The summed E-state index contributed by atoms with van der Waals surface area (Å²) < 4.78 is 28.8. The van der Waals surface area contributed by atoms with Gasteiger partial charge in [0, 0.05) is 24.2 Å². The van der Waals surface area contributed by atoms with Crippen molar-refractivity contribution in [2.45, 2.75) is 24.2 Å². The van der Waals surface area contributed by atoms with E-state index in [1.54, 1.807) is 16.9 Å². The van der Waals surface area contributed by atoms with Crippen LogP contribution < -0.4 is 10.0 Å². The Morgan fingerprint density at radius 1 is 1.42 bits per heavy atom. The molecule has 2 aromatic rings. The van der Waals surface area contributed by atoms with Crippen LogP contribution in [-0.2, 0) is 23.1 Å². The molecule has 2 rings (SSSR count). The van der Waals surface area contributed by atoms with E-state index in [-0.39, 0.29) is 0 Å². The molecule has 0 amide bonds. The third-order valence-electron chi connectivity index (χ3n) is 2.46. The van der Waals surface area contributed by atoms with Crippen LogP contribution in [0.2, 0.25) is 0 Å². The molecule has 6 nitrogen and oxygen atoms in total. The first-order valence-electron chi connectivity index (χ1n) is 5.83. The Kier molecular flexibility index (Phi) is 4.23. The van der Waals surface area contributed by atoms with E-state index in [2.05, 4.69) is 15.1 Å². The second-order valence-corrected chi connectivity index (χ2v) is 7.02. The molecule has 0 radical (unpaired) electrons. The van der Waals surface area contributed by atoms with Gasteiger partial charge in [-0.25, -0.2) is 8.42 Å². The summed E-state index contributed by atoms with van der Waals surface area (Å²) >= 11 is 1.26. The molecular weight excluding hydrogens is 284 g/mol. The lowest BCUT2D eigenvalue weighted by atomic mass is 10.5. The van der Waals surface area contributed by atoms with Crippen molar-refractivity contribution in [2.24, 2.45) is 0 Å². The molecular formula is C11H16N4O2S2. The molecule has 0 saturated carbocycles. The fraction of sp³-hybridized carbons (Fsp3) is 0.364. The van der Waals surface area contributed by atoms with E-state index < -0.39 is 10.0 Å². The Balaban J connectivity index is 2.16. The maximum absolute atomic E-state index is 12.2. The lowest BCUT2D eigenvalue weighted by molar-refractivity contribution is 0.603. The van der Waals surface area contributed by atoms with Crippen LogP contribution in [0.1, 0.15) is 11.8 Å². The largest absolute Gasteiger partial charge is 0.315 e. The number of thiophene rings is 1. The summed E-state index contributed by atoms with van der Waals surface area (Å²) in [5.41, 5.74) is 0.477. The fourth-order valence-electron chi connectivity index (χ4n) is 1.57. The van der Waals surface area contributed by atoms with Gasteiger partial charge in [0.05, 0.1) is 11.9 Å². The zero-order chi connectivity index (χ0) is 13.9. The van der Waals surface area contributed by atoms with E-state index in [1.165, 1.54) is 17.5 Å². The smallest absolute Gasteiger partial charge is 0.271 e. The summed E-state index contributed by atoms with van der Waals surface area (Å²) in [7, 11) is -1.69. The first-order valence-corrected chi connectivity index (χ1v) is 8.13. The lowest BCUT2D eigenvalue weighted by Gasteiger charge is -2.02. The van der Waals surface area contributed by atoms with E-state index in [1.807, 2.05) is 20.0 Å². The SMILES string of the molecule is CCn1cc(NS(=O)(=O)c2ccc(CNC)s2)cn1. The number of hydrogen-bond donors (Lipinski definition) is 2. The first-order chi connectivity index (χ1) is 9.05. The molecule has 2 heterocycles. The highest BCUT2D eigenvalue weighted by atomic mass is 32.2. The number of rotatable bonds is 6. The van der Waals surface area contributed by atoms with Crippen LogP contribution in [0.15, 0.2) is 28.7 Å². The summed E-state index contributed by atoms with van der Waals surface area (Å²) in [6.45, 7) is 3.30. The highest BCUT2D eigenvalue weighted by molar-refractivity contribution is 7.94. The van der Waals surface area contributed by atoms with Crippen LogP contribution in [0.3, 0.4) is 0 Å². The maximum atomic E-state index is 12.2. The van der Waals surface area contributed by atoms with Gasteiger partial charge >= 0.3 is 0 Å². The van der Waals surface area contributed by atoms with Crippen LogP contribution in [-0.4, -0.2) is 25.2 Å². The van der Waals surface area contributed by atoms with E-state index in [4.69, 9.17) is 0 Å². The van der Waals surface area contributed by atoms with Gasteiger partial charge in [0.15, 0.2) is 0 Å². The van der Waals surface area contributed by atoms with Crippen molar-refractivity contribution >= 4 is 27.0 Å². The quantitative estimate of drug-likeness (QED) is 0.847. The summed E-state index contributed by atoms with van der Waals surface area (Å²) in [5.74, 6) is 0. The number of hydrogen-bond acceptors (Lipinski definition) is 5. The molecule has 0 aliphatic rings. The minimum Gasteiger partial charge on any atom is -0.315 e. The minimum absolute atomic E-state index is 0.307. The third-order valence-corrected chi connectivity index (χ3v) is 5.42. The summed E-state index contributed by atoms with van der Waals surface area (Å²) in [5, 5.41) is 7.02. The van der Waals surface area contributed by atoms with Gasteiger partial charge in [-0.15, -0.1) is 11.3 Å². The van der Waals surface area contributed by atoms with Crippen molar-refractivity contribution in [3.8, 4) is 0 Å². The zero-order valence-corrected chi connectivity index (χ0v) is 12.4. The van der Waals surface area contributed by atoms with Gasteiger partial charge in [0.2, 0.25) is 0 Å². The van der Waals surface area contributed by atoms with Crippen molar-refractivity contribution in [1.82, 2.24) is 15.1 Å². The van der Waals surface area contributed by atoms with E-state index in [0.29, 0.717) is 23.0 Å². The number of sulfonamides is 1. The number of aromatic nitrogens is 2. The molecule has 0 fully saturated rings. The van der Waals surface area contributed by atoms with Gasteiger partial charge in [0.1, 0.15) is 4.21 Å². The predicted molar refractivity (Wildman–Crippen MR) is 75.8 cm³/mol. The molecule has 2 N–H and O–H groups in total. The van der Waals surface area contributed by atoms with Crippen molar-refractivity contribution in [3.63, 3.8) is 0 Å². The minimum atomic E-state index is -3.52. The van der Waals surface area contributed by atoms with Gasteiger partial charge < -0.3 is 5.32 Å². The van der Waals surface area contributed by atoms with E-state index >= 15 is 0 Å². The highest BCUT2D eigenvalue weighted by Gasteiger charge is 2.17. The van der Waals surface area contributed by atoms with Crippen molar-refractivity contribution < 1.29 is 8.42 Å². The van der Waals surface area contributed by atoms with Crippen molar-refractivity contribution in [1.29, 1.82) is 0 Å². The number of nitrogens with zero attached hydrogens (tertiary/aromatic N) is 2. The second kappa shape index (κ2) is 5.72. The van der Waals surface area contributed by atoms with Crippen molar-refractivity contribution in [3.05, 3.63) is 29.4 Å². The molecule has 0 unspecified atom stereocenters. The number of nitrogens with one attached hydrogen (secondary N) is 2. The van der Waals surface area contributed by atoms with Crippen LogP contribution in [0.5, 0.6) is 0 Å². The third kappa shape index (κ3) is 3.34. The normalized spacial score (nSPS) is 11.7. The molecule has 0 atom stereocenters. The Bertz CT molecular complexity index is 645. The van der Waals surface area contributed by atoms with Gasteiger partial charge in [-0.05, 0) is 26.1 Å². The Labute approximate surface area is 116 Å². The van der Waals surface area contributed by atoms with E-state index in [9.17, 15) is 8.42 Å². The standard InChI is InChI=1S/C11H16N4O2S2/c1-3-15-8-9(6-13-15)14-19(16,17)11-5-4-10(18-11)7-12-2/h4-6,8,12,14H,3,7H2,1-2H3. The molecule has 0 saturated heterocycles. The number of aryl methyl sites for hydroxylation is 1. The van der Waals surface area contributed by atoms with Gasteiger partial charge in [-0.3, -0.25) is 9.40 Å². The molecule has 0 aliphatic heterocycles. The summed E-state index contributed by atoms with van der Waals surface area (Å²) in [6, 6.07) is 3.43. The Morgan fingerprint density at radius 2 is 2.21 bits per heavy atom. The zero-order valence-electron chi connectivity index (χ0n) is 10.8. The summed E-state index contributed by atoms with van der Waals surface area (Å²) in [4.78, 5) is 0.979. The van der Waals surface area contributed by atoms with E-state index in [0.717, 1.165) is 4.88 Å². The van der Waals surface area contributed by atoms with Crippen LogP contribution in [0.25, 0.3) is 0 Å². The van der Waals surface area contributed by atoms with Gasteiger partial charge in [-0.2, -0.15) is 5.10 Å².